The Morgan fingerprint density at radius 2 is 1.06 bits per heavy atom. The van der Waals surface area contributed by atoms with E-state index >= 15 is 0 Å². The van der Waals surface area contributed by atoms with E-state index in [0.29, 0.717) is 28.0 Å². The first kappa shape index (κ1) is 56.2. The number of nitrogens with zero attached hydrogens (tertiary/aromatic N) is 2. The molecule has 2 aliphatic heterocycles. The Bertz CT molecular complexity index is 3610. The van der Waals surface area contributed by atoms with E-state index in [1.165, 1.54) is 0 Å². The molecule has 0 saturated heterocycles. The minimum absolute atomic E-state index is 0. The average molecular weight is 990 g/mol. The third-order valence-corrected chi connectivity index (χ3v) is 11.2. The molecule has 0 amide bonds. The number of allylic oxidation sites excluding steroid dienone is 8. The molecule has 0 bridgehead atoms. The van der Waals surface area contributed by atoms with Crippen molar-refractivity contribution < 1.29 is 94.7 Å². The maximum Gasteiger partial charge on any atom is 1.00 e. The number of methoxy groups -OCH3 is 4. The summed E-state index contributed by atoms with van der Waals surface area (Å²) in [6, 6.07) is 14.1. The van der Waals surface area contributed by atoms with Crippen molar-refractivity contribution in [2.45, 2.75) is 57.8 Å². The molecule has 3 aliphatic rings. The molecule has 5 rings (SSSR count). The fourth-order valence-electron chi connectivity index (χ4n) is 7.41. The van der Waals surface area contributed by atoms with Gasteiger partial charge in [-0.2, -0.15) is 0 Å². The number of carbonyl (C=O) groups is 2. The Morgan fingerprint density at radius 3 is 1.57 bits per heavy atom. The smallest absolute Gasteiger partial charge is 0.537 e. The molecular weight excluding hydrogens is 951 g/mol. The Hall–Kier alpha value is -8.34. The van der Waals surface area contributed by atoms with E-state index < -0.39 is 22.8 Å². The summed E-state index contributed by atoms with van der Waals surface area (Å²) in [7, 11) is 6.34. The van der Waals surface area contributed by atoms with Crippen LogP contribution in [0.5, 0.6) is 23.0 Å². The van der Waals surface area contributed by atoms with Crippen molar-refractivity contribution >= 4 is 40.6 Å². The number of rotatable bonds is 7. The van der Waals surface area contributed by atoms with Crippen molar-refractivity contribution in [3.05, 3.63) is 81.6 Å². The molecule has 0 aromatic heterocycles. The summed E-state index contributed by atoms with van der Waals surface area (Å²) in [6.45, 7) is 8.42. The standard InChI is InChI=1S/C60H39ClN2O8.K/c1-59(2)46-40-50(68-5)52(70-7)42-48(46)62(38-27-23-19-15-11-9-13-17-21-25-32-56(64)65)54(59)36-34-44-30-29-31-45(58(44)61)35-37-55-60(3,4)47-41-51(69-6)53(71-8)43-49(47)63(55)39-28-24-20-16-12-10-14-18-22-26-33-57(66)67;/h34-37,40-43H,29-31H2,1-8H3,(H-,64,65,66,67);/q;+1/p-1. The van der Waals surface area contributed by atoms with Crippen molar-refractivity contribution in [2.24, 2.45) is 0 Å². The Labute approximate surface area is 469 Å². The summed E-state index contributed by atoms with van der Waals surface area (Å²) >= 11 is 7.28. The second-order valence-electron chi connectivity index (χ2n) is 15.6. The maximum atomic E-state index is 10.3. The number of halogens is 1. The molecule has 0 fully saturated rings. The predicted molar refractivity (Wildman–Crippen MR) is 268 cm³/mol. The van der Waals surface area contributed by atoms with Crippen molar-refractivity contribution in [3.63, 3.8) is 0 Å². The minimum Gasteiger partial charge on any atom is -0.537 e. The molecule has 0 saturated carbocycles. The van der Waals surface area contributed by atoms with Gasteiger partial charge in [-0.05, 0) is 139 Å². The van der Waals surface area contributed by atoms with Crippen LogP contribution < -0.4 is 85.4 Å². The fraction of sp³-hybridized carbons (Fsp3) is 0.217. The van der Waals surface area contributed by atoms with Crippen molar-refractivity contribution in [3.8, 4) is 165 Å². The molecule has 10 nitrogen and oxygen atoms in total. The average Bonchev–Trinajstić information content (AvgIpc) is 3.68. The molecule has 0 N–H and O–H groups in total. The van der Waals surface area contributed by atoms with Crippen molar-refractivity contribution in [1.82, 2.24) is 0 Å². The SMILES string of the molecule is COc1cc2c(cc1OC)C(C)(C)/C(=C/C=C1\CCCC(/C=C/C3=[N+](C#CC#CC#CC#CC#CC#CC(=O)[O-])c4cc(OC)c(OC)cc4C3(C)C)=C1Cl)N2C#CC#CC#CC#CC#CC#CC(=O)[O-].[K+]. The van der Waals surface area contributed by atoms with Crippen molar-refractivity contribution in [2.75, 3.05) is 33.3 Å². The van der Waals surface area contributed by atoms with Gasteiger partial charge in [0.1, 0.15) is 11.9 Å². The van der Waals surface area contributed by atoms with Crippen LogP contribution in [0, 0.1) is 142 Å². The van der Waals surface area contributed by atoms with E-state index in [-0.39, 0.29) is 51.4 Å². The largest absolute Gasteiger partial charge is 1.00 e. The molecule has 344 valence electrons. The van der Waals surface area contributed by atoms with E-state index in [0.717, 1.165) is 64.3 Å². The van der Waals surface area contributed by atoms with Crippen LogP contribution in [-0.4, -0.2) is 50.7 Å². The Balaban J connectivity index is 0.0000112. The number of benzene rings is 2. The van der Waals surface area contributed by atoms with Gasteiger partial charge in [0, 0.05) is 93.2 Å². The van der Waals surface area contributed by atoms with E-state index in [1.807, 2.05) is 58.0 Å². The zero-order chi connectivity index (χ0) is 51.4. The number of carbonyl (C=O) groups excluding carboxylic acids is 2. The number of carboxylic acid groups (broad SMARTS) is 2. The molecule has 2 heterocycles. The number of hydrogen-bond acceptors (Lipinski definition) is 9. The van der Waals surface area contributed by atoms with Gasteiger partial charge in [-0.15, -0.1) is 4.58 Å². The Kier molecular flexibility index (Phi) is 21.2. The summed E-state index contributed by atoms with van der Waals surface area (Å²) < 4.78 is 24.6. The zero-order valence-electron chi connectivity index (χ0n) is 40.8. The predicted octanol–water partition coefficient (Wildman–Crippen LogP) is 1.40. The van der Waals surface area contributed by atoms with Crippen LogP contribution in [0.25, 0.3) is 0 Å². The molecule has 0 atom stereocenters. The number of anilines is 1. The molecule has 1 aliphatic carbocycles. The first-order chi connectivity index (χ1) is 34.2. The first-order valence-corrected chi connectivity index (χ1v) is 21.5. The molecule has 2 aromatic carbocycles. The van der Waals surface area contributed by atoms with Gasteiger partial charge in [-0.25, -0.2) is 0 Å². The van der Waals surface area contributed by atoms with Crippen LogP contribution in [0.4, 0.5) is 11.4 Å². The van der Waals surface area contributed by atoms with Crippen LogP contribution in [0.2, 0.25) is 0 Å². The summed E-state index contributed by atoms with van der Waals surface area (Å²) in [6.07, 6.45) is 10.5. The van der Waals surface area contributed by atoms with Gasteiger partial charge in [-0.3, -0.25) is 4.90 Å². The van der Waals surface area contributed by atoms with E-state index in [1.54, 1.807) is 40.3 Å². The molecule has 0 unspecified atom stereocenters. The maximum absolute atomic E-state index is 10.3. The third-order valence-electron chi connectivity index (χ3n) is 10.7. The van der Waals surface area contributed by atoms with E-state index in [2.05, 4.69) is 158 Å². The van der Waals surface area contributed by atoms with Gasteiger partial charge in [0.25, 0.3) is 0 Å². The van der Waals surface area contributed by atoms with Crippen LogP contribution in [0.3, 0.4) is 0 Å². The molecule has 2 aromatic rings. The van der Waals surface area contributed by atoms with E-state index in [9.17, 15) is 19.8 Å². The number of fused-ring (bicyclic) bond motifs is 2. The Morgan fingerprint density at radius 1 is 0.597 bits per heavy atom. The first-order valence-electron chi connectivity index (χ1n) is 21.1. The topological polar surface area (TPSA) is 123 Å². The summed E-state index contributed by atoms with van der Waals surface area (Å²) in [5.74, 6) is 53.0. The second kappa shape index (κ2) is 27.2. The van der Waals surface area contributed by atoms with Crippen LogP contribution in [0.1, 0.15) is 58.1 Å². The van der Waals surface area contributed by atoms with Crippen molar-refractivity contribution in [1.29, 1.82) is 0 Å². The van der Waals surface area contributed by atoms with Gasteiger partial charge in [-0.1, -0.05) is 37.6 Å². The zero-order valence-corrected chi connectivity index (χ0v) is 44.7. The van der Waals surface area contributed by atoms with Crippen LogP contribution in [0.15, 0.2) is 70.4 Å². The summed E-state index contributed by atoms with van der Waals surface area (Å²) in [5.41, 5.74) is 6.08. The number of ether oxygens (including phenoxy) is 4. The number of carboxylic acids is 2. The third kappa shape index (κ3) is 14.4. The molecular formula is C60H38ClKN2O8. The van der Waals surface area contributed by atoms with Crippen LogP contribution >= 0.6 is 11.6 Å². The number of hydrogen-bond donors (Lipinski definition) is 0. The second-order valence-corrected chi connectivity index (χ2v) is 16.0. The van der Waals surface area contributed by atoms with E-state index in [4.69, 9.17) is 30.5 Å². The summed E-state index contributed by atoms with van der Waals surface area (Å²) in [4.78, 5) is 22.6. The molecule has 72 heavy (non-hydrogen) atoms. The summed E-state index contributed by atoms with van der Waals surface area (Å²) in [5, 5.41) is 21.3. The molecule has 0 spiro atoms. The minimum atomic E-state index is -1.53. The van der Waals surface area contributed by atoms with Gasteiger partial charge < -0.3 is 38.7 Å². The van der Waals surface area contributed by atoms with Gasteiger partial charge in [0.05, 0.1) is 51.5 Å². The van der Waals surface area contributed by atoms with Gasteiger partial charge in [0.2, 0.25) is 17.4 Å². The number of aliphatic carboxylic acids is 2. The fourth-order valence-corrected chi connectivity index (χ4v) is 7.72. The molecule has 0 radical (unpaired) electrons. The normalized spacial score (nSPS) is 14.3. The molecule has 12 heteroatoms. The van der Waals surface area contributed by atoms with Crippen LogP contribution in [-0.2, 0) is 20.4 Å². The quantitative estimate of drug-likeness (QED) is 0.231. The van der Waals surface area contributed by atoms with Gasteiger partial charge in [0.15, 0.2) is 23.0 Å². The monoisotopic (exact) mass is 988 g/mol. The van der Waals surface area contributed by atoms with Gasteiger partial charge >= 0.3 is 51.4 Å².